The molecule has 1 heterocycles. The molecule has 0 saturated carbocycles. The summed E-state index contributed by atoms with van der Waals surface area (Å²) in [5.41, 5.74) is -0.0661. The maximum Gasteiger partial charge on any atom is 0.344 e. The van der Waals surface area contributed by atoms with Crippen molar-refractivity contribution >= 4 is 23.6 Å². The number of hydrogen-bond donors (Lipinski definition) is 0. The van der Waals surface area contributed by atoms with Crippen LogP contribution in [0.5, 0.6) is 0 Å². The van der Waals surface area contributed by atoms with Crippen LogP contribution in [-0.2, 0) is 19.1 Å². The van der Waals surface area contributed by atoms with Crippen LogP contribution in [0.15, 0.2) is 84.9 Å². The van der Waals surface area contributed by atoms with Crippen LogP contribution >= 0.6 is 0 Å². The predicted molar refractivity (Wildman–Crippen MR) is 137 cm³/mol. The molecule has 0 radical (unpaired) electrons. The number of rotatable bonds is 8. The molecule has 0 aliphatic carbocycles. The molecule has 37 heavy (non-hydrogen) atoms. The molecule has 1 aliphatic heterocycles. The van der Waals surface area contributed by atoms with Gasteiger partial charge in [0.05, 0.1) is 19.1 Å². The Bertz CT molecular complexity index is 1270. The van der Waals surface area contributed by atoms with Gasteiger partial charge in [-0.3, -0.25) is 9.59 Å². The molecule has 3 aromatic carbocycles. The molecule has 0 spiro atoms. The lowest BCUT2D eigenvalue weighted by atomic mass is 9.62. The number of carbonyl (C=O) groups is 4. The van der Waals surface area contributed by atoms with Crippen molar-refractivity contribution < 1.29 is 28.7 Å². The topological polar surface area (TPSA) is 90.0 Å². The first-order valence-electron chi connectivity index (χ1n) is 12.3. The predicted octanol–water partition coefficient (Wildman–Crippen LogP) is 4.35. The second-order valence-electron chi connectivity index (χ2n) is 8.81. The third kappa shape index (κ3) is 4.42. The SMILES string of the molecule is CCOC(=O)C1(C(=O)OCC)[C@H](c2ccccc2)[C@@H](C(=O)c2ccc(C)cc2)N1C(=O)c1ccccc1. The first-order valence-corrected chi connectivity index (χ1v) is 12.3. The Kier molecular flexibility index (Phi) is 7.53. The van der Waals surface area contributed by atoms with E-state index >= 15 is 0 Å². The van der Waals surface area contributed by atoms with E-state index in [4.69, 9.17) is 9.47 Å². The number of benzene rings is 3. The molecule has 4 rings (SSSR count). The Morgan fingerprint density at radius 2 is 1.24 bits per heavy atom. The molecule has 2 atom stereocenters. The van der Waals surface area contributed by atoms with Gasteiger partial charge in [0.2, 0.25) is 5.54 Å². The minimum Gasteiger partial charge on any atom is -0.464 e. The third-order valence-corrected chi connectivity index (χ3v) is 6.60. The van der Waals surface area contributed by atoms with E-state index in [1.54, 1.807) is 98.8 Å². The Morgan fingerprint density at radius 1 is 0.730 bits per heavy atom. The monoisotopic (exact) mass is 499 g/mol. The van der Waals surface area contributed by atoms with Crippen LogP contribution in [0.3, 0.4) is 0 Å². The van der Waals surface area contributed by atoms with Crippen molar-refractivity contribution in [2.45, 2.75) is 38.3 Å². The lowest BCUT2D eigenvalue weighted by Crippen LogP contribution is -2.82. The number of likely N-dealkylation sites (tertiary alicyclic amines) is 1. The van der Waals surface area contributed by atoms with Gasteiger partial charge in [-0.2, -0.15) is 0 Å². The van der Waals surface area contributed by atoms with Crippen molar-refractivity contribution in [1.29, 1.82) is 0 Å². The summed E-state index contributed by atoms with van der Waals surface area (Å²) in [5, 5.41) is 0. The maximum absolute atomic E-state index is 14.0. The molecule has 1 amide bonds. The molecule has 0 N–H and O–H groups in total. The summed E-state index contributed by atoms with van der Waals surface area (Å²) >= 11 is 0. The first kappa shape index (κ1) is 25.8. The smallest absolute Gasteiger partial charge is 0.344 e. The molecule has 7 heteroatoms. The lowest BCUT2D eigenvalue weighted by molar-refractivity contribution is -0.189. The molecule has 1 fully saturated rings. The van der Waals surface area contributed by atoms with Crippen LogP contribution < -0.4 is 0 Å². The molecule has 0 bridgehead atoms. The number of amides is 1. The van der Waals surface area contributed by atoms with Crippen molar-refractivity contribution in [2.24, 2.45) is 0 Å². The van der Waals surface area contributed by atoms with Gasteiger partial charge in [0.15, 0.2) is 5.78 Å². The molecule has 0 aromatic heterocycles. The summed E-state index contributed by atoms with van der Waals surface area (Å²) in [6, 6.07) is 22.8. The van der Waals surface area contributed by atoms with E-state index < -0.39 is 35.3 Å². The van der Waals surface area contributed by atoms with Gasteiger partial charge in [-0.25, -0.2) is 9.59 Å². The third-order valence-electron chi connectivity index (χ3n) is 6.60. The number of Topliss-reactive ketones (excluding diaryl/α,β-unsaturated/α-hetero) is 1. The summed E-state index contributed by atoms with van der Waals surface area (Å²) in [6.45, 7) is 5.09. The van der Waals surface area contributed by atoms with E-state index in [0.717, 1.165) is 10.5 Å². The van der Waals surface area contributed by atoms with Crippen molar-refractivity contribution in [1.82, 2.24) is 4.90 Å². The minimum absolute atomic E-state index is 0.0224. The summed E-state index contributed by atoms with van der Waals surface area (Å²) in [5.74, 6) is -3.91. The van der Waals surface area contributed by atoms with E-state index in [0.29, 0.717) is 11.1 Å². The van der Waals surface area contributed by atoms with Gasteiger partial charge in [0.1, 0.15) is 6.04 Å². The van der Waals surface area contributed by atoms with Gasteiger partial charge >= 0.3 is 11.9 Å². The molecule has 3 aromatic rings. The fraction of sp³-hybridized carbons (Fsp3) is 0.267. The highest BCUT2D eigenvalue weighted by Gasteiger charge is 2.75. The van der Waals surface area contributed by atoms with Crippen LogP contribution in [-0.4, -0.2) is 53.3 Å². The molecule has 7 nitrogen and oxygen atoms in total. The van der Waals surface area contributed by atoms with E-state index in [-0.39, 0.29) is 24.6 Å². The minimum atomic E-state index is -2.18. The number of esters is 2. The Balaban J connectivity index is 1.97. The van der Waals surface area contributed by atoms with Crippen LogP contribution in [0.25, 0.3) is 0 Å². The summed E-state index contributed by atoms with van der Waals surface area (Å²) in [6.07, 6.45) is 0. The standard InChI is InChI=1S/C30H29NO6/c1-4-36-28(34)30(29(35)37-5-2)24(21-12-8-6-9-13-21)25(26(32)22-18-16-20(3)17-19-22)31(30)27(33)23-14-10-7-11-15-23/h6-19,24-25H,4-5H2,1-3H3/t24-,25+/m1/s1. The van der Waals surface area contributed by atoms with Gasteiger partial charge in [-0.05, 0) is 38.5 Å². The number of hydrogen-bond acceptors (Lipinski definition) is 6. The highest BCUT2D eigenvalue weighted by Crippen LogP contribution is 2.52. The van der Waals surface area contributed by atoms with Gasteiger partial charge in [-0.15, -0.1) is 0 Å². The van der Waals surface area contributed by atoms with Gasteiger partial charge in [0.25, 0.3) is 5.91 Å². The normalized spacial score (nSPS) is 17.9. The van der Waals surface area contributed by atoms with Gasteiger partial charge in [0, 0.05) is 11.1 Å². The zero-order valence-corrected chi connectivity index (χ0v) is 21.0. The zero-order chi connectivity index (χ0) is 26.6. The van der Waals surface area contributed by atoms with E-state index in [9.17, 15) is 19.2 Å². The molecule has 1 saturated heterocycles. The summed E-state index contributed by atoms with van der Waals surface area (Å²) in [7, 11) is 0. The quantitative estimate of drug-likeness (QED) is 0.260. The summed E-state index contributed by atoms with van der Waals surface area (Å²) in [4.78, 5) is 56.5. The highest BCUT2D eigenvalue weighted by atomic mass is 16.6. The molecular formula is C30H29NO6. The number of carbonyl (C=O) groups excluding carboxylic acids is 4. The summed E-state index contributed by atoms with van der Waals surface area (Å²) < 4.78 is 10.8. The van der Waals surface area contributed by atoms with E-state index in [2.05, 4.69) is 0 Å². The number of aryl methyl sites for hydroxylation is 1. The molecule has 1 aliphatic rings. The average molecular weight is 500 g/mol. The molecule has 0 unspecified atom stereocenters. The van der Waals surface area contributed by atoms with Gasteiger partial charge < -0.3 is 14.4 Å². The Hall–Kier alpha value is -4.26. The fourth-order valence-electron chi connectivity index (χ4n) is 4.93. The Morgan fingerprint density at radius 3 is 1.76 bits per heavy atom. The van der Waals surface area contributed by atoms with Crippen LogP contribution in [0.1, 0.15) is 51.6 Å². The second-order valence-corrected chi connectivity index (χ2v) is 8.81. The maximum atomic E-state index is 14.0. The zero-order valence-electron chi connectivity index (χ0n) is 21.0. The van der Waals surface area contributed by atoms with E-state index in [1.165, 1.54) is 0 Å². The molecular weight excluding hydrogens is 470 g/mol. The fourth-order valence-corrected chi connectivity index (χ4v) is 4.93. The Labute approximate surface area is 216 Å². The van der Waals surface area contributed by atoms with Crippen molar-refractivity contribution in [2.75, 3.05) is 13.2 Å². The highest BCUT2D eigenvalue weighted by molar-refractivity contribution is 6.18. The number of ether oxygens (including phenoxy) is 2. The number of ketones is 1. The number of nitrogens with zero attached hydrogens (tertiary/aromatic N) is 1. The molecule has 190 valence electrons. The van der Waals surface area contributed by atoms with Gasteiger partial charge in [-0.1, -0.05) is 78.4 Å². The van der Waals surface area contributed by atoms with Crippen molar-refractivity contribution in [3.8, 4) is 0 Å². The van der Waals surface area contributed by atoms with Crippen molar-refractivity contribution in [3.05, 3.63) is 107 Å². The second kappa shape index (κ2) is 10.8. The van der Waals surface area contributed by atoms with Crippen molar-refractivity contribution in [3.63, 3.8) is 0 Å². The largest absolute Gasteiger partial charge is 0.464 e. The van der Waals surface area contributed by atoms with Crippen LogP contribution in [0.2, 0.25) is 0 Å². The van der Waals surface area contributed by atoms with Crippen LogP contribution in [0.4, 0.5) is 0 Å². The average Bonchev–Trinajstić information content (AvgIpc) is 2.90. The van der Waals surface area contributed by atoms with Crippen LogP contribution in [0, 0.1) is 6.92 Å². The lowest BCUT2D eigenvalue weighted by Gasteiger charge is -2.59. The first-order chi connectivity index (χ1) is 17.9. The van der Waals surface area contributed by atoms with E-state index in [1.807, 2.05) is 6.92 Å².